The second kappa shape index (κ2) is 5.38. The van der Waals surface area contributed by atoms with Crippen LogP contribution in [-0.2, 0) is 0 Å². The molecule has 0 nitrogen and oxygen atoms in total. The molecule has 0 aromatic carbocycles. The molecule has 0 spiro atoms. The van der Waals surface area contributed by atoms with Crippen LogP contribution in [0.4, 0.5) is 0 Å². The molecule has 1 aliphatic carbocycles. The monoisotopic (exact) mass is 192 g/mol. The first-order valence-electron chi connectivity index (χ1n) is 5.99. The Labute approximate surface area is 89.1 Å². The highest BCUT2D eigenvalue weighted by molar-refractivity contribution is 5.03. The normalized spacial score (nSPS) is 34.1. The summed E-state index contributed by atoms with van der Waals surface area (Å²) in [7, 11) is 0. The fourth-order valence-corrected chi connectivity index (χ4v) is 2.56. The highest BCUT2D eigenvalue weighted by Gasteiger charge is 2.37. The standard InChI is InChI=1S/C14H24/c1-5-7-8-9-11(3)14-10-12(4)13(14)6-2/h6,8-9,11-14H,2,5,7,10H2,1,3-4H3/b9-8+. The van der Waals surface area contributed by atoms with Crippen LogP contribution >= 0.6 is 0 Å². The number of allylic oxidation sites excluding steroid dienone is 3. The zero-order valence-corrected chi connectivity index (χ0v) is 9.87. The van der Waals surface area contributed by atoms with Crippen molar-refractivity contribution in [2.45, 2.75) is 40.0 Å². The van der Waals surface area contributed by atoms with Gasteiger partial charge >= 0.3 is 0 Å². The Kier molecular flexibility index (Phi) is 4.44. The van der Waals surface area contributed by atoms with Crippen molar-refractivity contribution >= 4 is 0 Å². The van der Waals surface area contributed by atoms with E-state index in [4.69, 9.17) is 0 Å². The predicted molar refractivity (Wildman–Crippen MR) is 64.2 cm³/mol. The van der Waals surface area contributed by atoms with E-state index < -0.39 is 0 Å². The molecule has 0 radical (unpaired) electrons. The minimum Gasteiger partial charge on any atom is -0.103 e. The van der Waals surface area contributed by atoms with Crippen LogP contribution in [-0.4, -0.2) is 0 Å². The van der Waals surface area contributed by atoms with Crippen molar-refractivity contribution in [1.29, 1.82) is 0 Å². The van der Waals surface area contributed by atoms with Gasteiger partial charge in [0.15, 0.2) is 0 Å². The van der Waals surface area contributed by atoms with Crippen molar-refractivity contribution < 1.29 is 0 Å². The largest absolute Gasteiger partial charge is 0.103 e. The quantitative estimate of drug-likeness (QED) is 0.565. The second-order valence-electron chi connectivity index (χ2n) is 4.77. The molecule has 1 rings (SSSR count). The average molecular weight is 192 g/mol. The van der Waals surface area contributed by atoms with Crippen LogP contribution in [0, 0.1) is 23.7 Å². The number of rotatable bonds is 5. The van der Waals surface area contributed by atoms with E-state index in [2.05, 4.69) is 45.6 Å². The number of unbranched alkanes of at least 4 members (excludes halogenated alkanes) is 1. The number of hydrogen-bond donors (Lipinski definition) is 0. The maximum atomic E-state index is 3.94. The summed E-state index contributed by atoms with van der Waals surface area (Å²) in [4.78, 5) is 0. The fraction of sp³-hybridized carbons (Fsp3) is 0.714. The van der Waals surface area contributed by atoms with Crippen molar-refractivity contribution in [2.75, 3.05) is 0 Å². The summed E-state index contributed by atoms with van der Waals surface area (Å²) < 4.78 is 0. The van der Waals surface area contributed by atoms with Gasteiger partial charge in [-0.3, -0.25) is 0 Å². The molecule has 0 saturated heterocycles. The van der Waals surface area contributed by atoms with Gasteiger partial charge < -0.3 is 0 Å². The first-order chi connectivity index (χ1) is 6.70. The SMILES string of the molecule is C=CC1C(C)CC1C(C)/C=C/CCC. The lowest BCUT2D eigenvalue weighted by atomic mass is 9.61. The minimum atomic E-state index is 0.737. The molecular formula is C14H24. The molecule has 4 unspecified atom stereocenters. The Bertz CT molecular complexity index is 202. The van der Waals surface area contributed by atoms with Gasteiger partial charge in [0, 0.05) is 0 Å². The summed E-state index contributed by atoms with van der Waals surface area (Å²) in [6.45, 7) is 10.9. The van der Waals surface area contributed by atoms with Crippen LogP contribution in [0.25, 0.3) is 0 Å². The Hall–Kier alpha value is -0.520. The summed E-state index contributed by atoms with van der Waals surface area (Å²) in [6, 6.07) is 0. The van der Waals surface area contributed by atoms with Gasteiger partial charge in [-0.15, -0.1) is 6.58 Å². The van der Waals surface area contributed by atoms with Crippen LogP contribution in [0.15, 0.2) is 24.8 Å². The van der Waals surface area contributed by atoms with Gasteiger partial charge in [-0.25, -0.2) is 0 Å². The van der Waals surface area contributed by atoms with E-state index in [-0.39, 0.29) is 0 Å². The molecule has 4 atom stereocenters. The summed E-state index contributed by atoms with van der Waals surface area (Å²) in [5.41, 5.74) is 0. The topological polar surface area (TPSA) is 0 Å². The van der Waals surface area contributed by atoms with Crippen LogP contribution in [0.5, 0.6) is 0 Å². The third kappa shape index (κ3) is 2.50. The van der Waals surface area contributed by atoms with Crippen LogP contribution in [0.2, 0.25) is 0 Å². The minimum absolute atomic E-state index is 0.737. The maximum absolute atomic E-state index is 3.94. The highest BCUT2D eigenvalue weighted by Crippen LogP contribution is 2.45. The van der Waals surface area contributed by atoms with Crippen molar-refractivity contribution in [3.8, 4) is 0 Å². The highest BCUT2D eigenvalue weighted by atomic mass is 14.4. The smallest absolute Gasteiger partial charge is 0.0176 e. The van der Waals surface area contributed by atoms with E-state index in [0.29, 0.717) is 0 Å². The molecule has 0 heteroatoms. The van der Waals surface area contributed by atoms with Gasteiger partial charge in [-0.05, 0) is 36.5 Å². The van der Waals surface area contributed by atoms with Crippen molar-refractivity contribution in [3.63, 3.8) is 0 Å². The molecule has 0 aromatic rings. The fourth-order valence-electron chi connectivity index (χ4n) is 2.56. The second-order valence-corrected chi connectivity index (χ2v) is 4.77. The first-order valence-corrected chi connectivity index (χ1v) is 5.99. The van der Waals surface area contributed by atoms with Crippen LogP contribution < -0.4 is 0 Å². The van der Waals surface area contributed by atoms with Gasteiger partial charge in [0.05, 0.1) is 0 Å². The average Bonchev–Trinajstić information content (AvgIpc) is 2.15. The molecule has 0 amide bonds. The molecule has 0 aliphatic heterocycles. The van der Waals surface area contributed by atoms with Gasteiger partial charge in [0.2, 0.25) is 0 Å². The summed E-state index contributed by atoms with van der Waals surface area (Å²) in [6.07, 6.45) is 10.8. The van der Waals surface area contributed by atoms with Crippen LogP contribution in [0.1, 0.15) is 40.0 Å². The lowest BCUT2D eigenvalue weighted by Crippen LogP contribution is -2.36. The zero-order chi connectivity index (χ0) is 10.6. The molecule has 1 saturated carbocycles. The van der Waals surface area contributed by atoms with E-state index in [1.807, 2.05) is 0 Å². The Balaban J connectivity index is 2.38. The molecule has 0 aromatic heterocycles. The maximum Gasteiger partial charge on any atom is -0.0176 e. The molecule has 0 N–H and O–H groups in total. The number of hydrogen-bond acceptors (Lipinski definition) is 0. The Morgan fingerprint density at radius 2 is 2.21 bits per heavy atom. The van der Waals surface area contributed by atoms with Crippen molar-refractivity contribution in [1.82, 2.24) is 0 Å². The van der Waals surface area contributed by atoms with E-state index in [1.165, 1.54) is 19.3 Å². The van der Waals surface area contributed by atoms with Crippen LogP contribution in [0.3, 0.4) is 0 Å². The molecular weight excluding hydrogens is 168 g/mol. The predicted octanol–water partition coefficient (Wildman–Crippen LogP) is 4.44. The molecule has 1 fully saturated rings. The summed E-state index contributed by atoms with van der Waals surface area (Å²) >= 11 is 0. The molecule has 80 valence electrons. The van der Waals surface area contributed by atoms with E-state index in [9.17, 15) is 0 Å². The third-order valence-corrected chi connectivity index (χ3v) is 3.64. The molecule has 0 bridgehead atoms. The van der Waals surface area contributed by atoms with Gasteiger partial charge in [-0.1, -0.05) is 45.4 Å². The lowest BCUT2D eigenvalue weighted by Gasteiger charge is -2.44. The molecule has 14 heavy (non-hydrogen) atoms. The van der Waals surface area contributed by atoms with E-state index in [0.717, 1.165) is 23.7 Å². The van der Waals surface area contributed by atoms with Gasteiger partial charge in [0.25, 0.3) is 0 Å². The Morgan fingerprint density at radius 3 is 2.71 bits per heavy atom. The molecule has 0 heterocycles. The summed E-state index contributed by atoms with van der Waals surface area (Å²) in [5, 5.41) is 0. The van der Waals surface area contributed by atoms with Crippen molar-refractivity contribution in [3.05, 3.63) is 24.8 Å². The van der Waals surface area contributed by atoms with E-state index in [1.54, 1.807) is 0 Å². The van der Waals surface area contributed by atoms with Gasteiger partial charge in [0.1, 0.15) is 0 Å². The van der Waals surface area contributed by atoms with Gasteiger partial charge in [-0.2, -0.15) is 0 Å². The lowest BCUT2D eigenvalue weighted by molar-refractivity contribution is 0.0965. The van der Waals surface area contributed by atoms with Crippen molar-refractivity contribution in [2.24, 2.45) is 23.7 Å². The summed E-state index contributed by atoms with van der Waals surface area (Å²) in [5.74, 6) is 3.21. The van der Waals surface area contributed by atoms with E-state index >= 15 is 0 Å². The Morgan fingerprint density at radius 1 is 1.50 bits per heavy atom. The first kappa shape index (κ1) is 11.6. The zero-order valence-electron chi connectivity index (χ0n) is 9.87. The third-order valence-electron chi connectivity index (χ3n) is 3.64. The molecule has 1 aliphatic rings.